The molecule has 154 valence electrons. The zero-order valence-corrected chi connectivity index (χ0v) is 17.6. The number of rotatable bonds is 12. The van der Waals surface area contributed by atoms with E-state index in [0.717, 1.165) is 23.1 Å². The lowest BCUT2D eigenvalue weighted by Gasteiger charge is -2.12. The van der Waals surface area contributed by atoms with Crippen molar-refractivity contribution < 1.29 is 14.3 Å². The second kappa shape index (κ2) is 12.6. The van der Waals surface area contributed by atoms with Gasteiger partial charge in [0.1, 0.15) is 5.75 Å². The van der Waals surface area contributed by atoms with Gasteiger partial charge in [0.15, 0.2) is 0 Å². The van der Waals surface area contributed by atoms with E-state index in [-0.39, 0.29) is 5.97 Å². The Hall–Kier alpha value is -2.80. The second-order valence-corrected chi connectivity index (χ2v) is 7.20. The summed E-state index contributed by atoms with van der Waals surface area (Å²) in [6.45, 7) is 2.88. The summed E-state index contributed by atoms with van der Waals surface area (Å²) in [5.41, 5.74) is 3.14. The Balaban J connectivity index is 2.00. The van der Waals surface area contributed by atoms with Gasteiger partial charge in [0.25, 0.3) is 0 Å². The van der Waals surface area contributed by atoms with Crippen LogP contribution in [0.3, 0.4) is 0 Å². The first-order chi connectivity index (χ1) is 14.2. The summed E-state index contributed by atoms with van der Waals surface area (Å²) in [4.78, 5) is 12.3. The molecule has 0 atom stereocenters. The van der Waals surface area contributed by atoms with Crippen LogP contribution in [0.15, 0.2) is 42.5 Å². The molecule has 0 heterocycles. The zero-order valence-electron chi connectivity index (χ0n) is 17.6. The fourth-order valence-electron chi connectivity index (χ4n) is 3.29. The molecule has 0 aromatic heterocycles. The van der Waals surface area contributed by atoms with Crippen LogP contribution in [0.4, 0.5) is 0 Å². The van der Waals surface area contributed by atoms with E-state index >= 15 is 0 Å². The molecule has 2 rings (SSSR count). The second-order valence-electron chi connectivity index (χ2n) is 7.20. The molecule has 0 amide bonds. The van der Waals surface area contributed by atoms with Crippen molar-refractivity contribution in [2.75, 3.05) is 13.7 Å². The van der Waals surface area contributed by atoms with Gasteiger partial charge in [-0.1, -0.05) is 69.7 Å². The zero-order chi connectivity index (χ0) is 20.9. The Morgan fingerprint density at radius 2 is 1.66 bits per heavy atom. The average molecular weight is 394 g/mol. The predicted octanol–water partition coefficient (Wildman–Crippen LogP) is 6.34. The van der Waals surface area contributed by atoms with Crippen LogP contribution >= 0.6 is 0 Å². The summed E-state index contributed by atoms with van der Waals surface area (Å²) in [6.07, 6.45) is 9.00. The van der Waals surface area contributed by atoms with Crippen LogP contribution in [0.25, 0.3) is 11.1 Å². The number of ether oxygens (including phenoxy) is 2. The average Bonchev–Trinajstić information content (AvgIpc) is 2.76. The quantitative estimate of drug-likeness (QED) is 0.312. The molecule has 0 N–H and O–H groups in total. The molecule has 4 nitrogen and oxygen atoms in total. The largest absolute Gasteiger partial charge is 0.494 e. The normalized spacial score (nSPS) is 10.4. The number of benzene rings is 2. The third-order valence-corrected chi connectivity index (χ3v) is 4.96. The predicted molar refractivity (Wildman–Crippen MR) is 116 cm³/mol. The van der Waals surface area contributed by atoms with E-state index in [1.165, 1.54) is 45.6 Å². The Morgan fingerprint density at radius 3 is 2.31 bits per heavy atom. The van der Waals surface area contributed by atoms with E-state index < -0.39 is 0 Å². The van der Waals surface area contributed by atoms with Gasteiger partial charge in [0, 0.05) is 0 Å². The Morgan fingerprint density at radius 1 is 0.966 bits per heavy atom. The number of carbonyl (C=O) groups excluding carboxylic acids is 1. The number of unbranched alkanes of at least 4 members (excludes halogenated alkanes) is 6. The van der Waals surface area contributed by atoms with Crippen molar-refractivity contribution in [3.63, 3.8) is 0 Å². The lowest BCUT2D eigenvalue weighted by atomic mass is 9.98. The van der Waals surface area contributed by atoms with Crippen LogP contribution in [0, 0.1) is 11.3 Å². The van der Waals surface area contributed by atoms with Gasteiger partial charge in [-0.2, -0.15) is 5.26 Å². The third-order valence-electron chi connectivity index (χ3n) is 4.96. The van der Waals surface area contributed by atoms with Crippen molar-refractivity contribution in [3.8, 4) is 22.9 Å². The topological polar surface area (TPSA) is 59.3 Å². The van der Waals surface area contributed by atoms with Gasteiger partial charge in [-0.25, -0.2) is 4.79 Å². The highest BCUT2D eigenvalue weighted by Crippen LogP contribution is 2.28. The van der Waals surface area contributed by atoms with Gasteiger partial charge in [0.2, 0.25) is 0 Å². The molecule has 2 aromatic rings. The molecule has 0 unspecified atom stereocenters. The number of hydrogen-bond acceptors (Lipinski definition) is 4. The first-order valence-corrected chi connectivity index (χ1v) is 10.5. The van der Waals surface area contributed by atoms with Crippen LogP contribution in [-0.2, 0) is 11.2 Å². The third kappa shape index (κ3) is 7.27. The van der Waals surface area contributed by atoms with Gasteiger partial charge in [-0.3, -0.25) is 0 Å². The highest BCUT2D eigenvalue weighted by atomic mass is 16.5. The minimum absolute atomic E-state index is 0.371. The Bertz CT molecular complexity index is 806. The molecule has 4 heteroatoms. The monoisotopic (exact) mass is 393 g/mol. The molecule has 0 aliphatic heterocycles. The molecule has 0 fully saturated rings. The van der Waals surface area contributed by atoms with Gasteiger partial charge in [-0.15, -0.1) is 0 Å². The fourth-order valence-corrected chi connectivity index (χ4v) is 3.29. The fraction of sp³-hybridized carbons (Fsp3) is 0.440. The first-order valence-electron chi connectivity index (χ1n) is 10.5. The first kappa shape index (κ1) is 22.5. The van der Waals surface area contributed by atoms with E-state index in [4.69, 9.17) is 14.7 Å². The van der Waals surface area contributed by atoms with Crippen molar-refractivity contribution in [3.05, 3.63) is 53.6 Å². The van der Waals surface area contributed by atoms with Crippen LogP contribution in [0.1, 0.15) is 67.8 Å². The van der Waals surface area contributed by atoms with E-state index in [0.29, 0.717) is 24.3 Å². The highest BCUT2D eigenvalue weighted by molar-refractivity contribution is 5.97. The minimum atomic E-state index is -0.387. The maximum Gasteiger partial charge on any atom is 0.338 e. The van der Waals surface area contributed by atoms with Gasteiger partial charge in [0.05, 0.1) is 31.8 Å². The molecule has 0 spiro atoms. The standard InChI is InChI=1S/C25H31NO3/c1-3-4-5-6-7-8-9-18-29-22-14-15-23(24(19-22)25(27)28-2)21-12-10-20(11-13-21)16-17-26/h10-15,19H,3-9,16,18H2,1-2H3. The van der Waals surface area contributed by atoms with E-state index in [2.05, 4.69) is 13.0 Å². The number of hydrogen-bond donors (Lipinski definition) is 0. The maximum atomic E-state index is 12.3. The SMILES string of the molecule is CCCCCCCCCOc1ccc(-c2ccc(CC#N)cc2)c(C(=O)OC)c1. The van der Waals surface area contributed by atoms with Crippen molar-refractivity contribution in [1.82, 2.24) is 0 Å². The molecule has 0 saturated heterocycles. The number of esters is 1. The van der Waals surface area contributed by atoms with Crippen LogP contribution in [-0.4, -0.2) is 19.7 Å². The summed E-state index contributed by atoms with van der Waals surface area (Å²) in [5.74, 6) is 0.295. The summed E-state index contributed by atoms with van der Waals surface area (Å²) >= 11 is 0. The molecule has 0 bridgehead atoms. The van der Waals surface area contributed by atoms with Crippen molar-refractivity contribution in [2.45, 2.75) is 58.3 Å². The van der Waals surface area contributed by atoms with Crippen LogP contribution < -0.4 is 4.74 Å². The Kier molecular flexibility index (Phi) is 9.78. The number of carbonyl (C=O) groups is 1. The molecular weight excluding hydrogens is 362 g/mol. The molecule has 0 radical (unpaired) electrons. The van der Waals surface area contributed by atoms with Crippen LogP contribution in [0.2, 0.25) is 0 Å². The lowest BCUT2D eigenvalue weighted by Crippen LogP contribution is -2.05. The molecule has 29 heavy (non-hydrogen) atoms. The summed E-state index contributed by atoms with van der Waals surface area (Å²) in [5, 5.41) is 8.81. The van der Waals surface area contributed by atoms with Crippen molar-refractivity contribution in [1.29, 1.82) is 5.26 Å². The summed E-state index contributed by atoms with van der Waals surface area (Å²) < 4.78 is 10.8. The van der Waals surface area contributed by atoms with Crippen molar-refractivity contribution >= 4 is 5.97 Å². The van der Waals surface area contributed by atoms with Crippen LogP contribution in [0.5, 0.6) is 5.75 Å². The summed E-state index contributed by atoms with van der Waals surface area (Å²) in [6, 6.07) is 15.3. The highest BCUT2D eigenvalue weighted by Gasteiger charge is 2.15. The smallest absolute Gasteiger partial charge is 0.338 e. The van der Waals surface area contributed by atoms with Gasteiger partial charge in [-0.05, 0) is 41.3 Å². The molecule has 2 aromatic carbocycles. The lowest BCUT2D eigenvalue weighted by molar-refractivity contribution is 0.0601. The molecule has 0 aliphatic carbocycles. The molecule has 0 saturated carbocycles. The van der Waals surface area contributed by atoms with Crippen molar-refractivity contribution in [2.24, 2.45) is 0 Å². The van der Waals surface area contributed by atoms with E-state index in [1.54, 1.807) is 6.07 Å². The number of nitrogens with zero attached hydrogens (tertiary/aromatic N) is 1. The number of methoxy groups -OCH3 is 1. The van der Waals surface area contributed by atoms with Gasteiger partial charge >= 0.3 is 5.97 Å². The van der Waals surface area contributed by atoms with Gasteiger partial charge < -0.3 is 9.47 Å². The molecule has 0 aliphatic rings. The molecular formula is C25H31NO3. The maximum absolute atomic E-state index is 12.3. The summed E-state index contributed by atoms with van der Waals surface area (Å²) in [7, 11) is 1.38. The Labute approximate surface area is 174 Å². The van der Waals surface area contributed by atoms with E-state index in [9.17, 15) is 4.79 Å². The number of nitriles is 1. The minimum Gasteiger partial charge on any atom is -0.494 e. The van der Waals surface area contributed by atoms with E-state index in [1.807, 2.05) is 36.4 Å².